The molecule has 5 rings (SSSR count). The summed E-state index contributed by atoms with van der Waals surface area (Å²) in [6.45, 7) is 8.06. The number of hydrogen-bond donors (Lipinski definition) is 1. The van der Waals surface area contributed by atoms with E-state index in [0.29, 0.717) is 36.5 Å². The maximum atomic E-state index is 14.1. The number of amides is 1. The van der Waals surface area contributed by atoms with E-state index in [2.05, 4.69) is 15.1 Å². The molecule has 1 N–H and O–H groups in total. The Bertz CT molecular complexity index is 1430. The first-order valence-electron chi connectivity index (χ1n) is 16.0. The van der Waals surface area contributed by atoms with Gasteiger partial charge in [0.25, 0.3) is 0 Å². The molecule has 1 aromatic heterocycles. The molecule has 0 aliphatic carbocycles. The molecule has 2 fully saturated rings. The van der Waals surface area contributed by atoms with Gasteiger partial charge in [-0.1, -0.05) is 12.5 Å². The molecule has 45 heavy (non-hydrogen) atoms. The van der Waals surface area contributed by atoms with Gasteiger partial charge in [-0.2, -0.15) is 22.6 Å². The van der Waals surface area contributed by atoms with Gasteiger partial charge >= 0.3 is 6.18 Å². The number of aryl methyl sites for hydroxylation is 1. The van der Waals surface area contributed by atoms with Gasteiger partial charge in [-0.15, -0.1) is 11.8 Å². The molecule has 0 bridgehead atoms. The number of carbonyl (C=O) groups excluding carboxylic acids is 1. The van der Waals surface area contributed by atoms with Gasteiger partial charge in [-0.3, -0.25) is 9.48 Å². The molecular weight excluding hydrogens is 626 g/mol. The standard InChI is InChI=1S/C31H45F3N6O3S2/c1-23(41)35-25-9-16-38(17-10-25)14-6-15-40-28-11-18-39(45(2,42)43)22-26(28)30(36-40)24-7-8-27(31(32,33)34)29(21-24)44-20-19-37-12-4-3-5-13-37/h7-8,21,25H,3-6,9-20,22H2,1-2H3,(H,35,41). The Labute approximate surface area is 268 Å². The van der Waals surface area contributed by atoms with Gasteiger partial charge in [0.1, 0.15) is 0 Å². The summed E-state index contributed by atoms with van der Waals surface area (Å²) in [7, 11) is -3.45. The number of carbonyl (C=O) groups is 1. The number of sulfonamides is 1. The lowest BCUT2D eigenvalue weighted by Crippen LogP contribution is -2.44. The predicted octanol–water partition coefficient (Wildman–Crippen LogP) is 4.46. The van der Waals surface area contributed by atoms with Gasteiger partial charge in [0, 0.05) is 86.1 Å². The van der Waals surface area contributed by atoms with Crippen LogP contribution in [0.15, 0.2) is 23.1 Å². The molecule has 3 aliphatic heterocycles. The molecule has 0 unspecified atom stereocenters. The van der Waals surface area contributed by atoms with Crippen molar-refractivity contribution in [3.8, 4) is 11.3 Å². The predicted molar refractivity (Wildman–Crippen MR) is 171 cm³/mol. The van der Waals surface area contributed by atoms with Crippen LogP contribution in [0.3, 0.4) is 0 Å². The number of hydrogen-bond acceptors (Lipinski definition) is 7. The molecule has 14 heteroatoms. The normalized spacial score (nSPS) is 19.5. The van der Waals surface area contributed by atoms with E-state index in [1.807, 2.05) is 4.68 Å². The van der Waals surface area contributed by atoms with Crippen LogP contribution in [-0.4, -0.2) is 102 Å². The van der Waals surface area contributed by atoms with E-state index >= 15 is 0 Å². The summed E-state index contributed by atoms with van der Waals surface area (Å²) in [5.41, 5.74) is 2.21. The second kappa shape index (κ2) is 14.7. The minimum Gasteiger partial charge on any atom is -0.354 e. The summed E-state index contributed by atoms with van der Waals surface area (Å²) in [6.07, 6.45) is 3.32. The second-order valence-corrected chi connectivity index (χ2v) is 15.6. The number of likely N-dealkylation sites (tertiary alicyclic amines) is 2. The molecule has 2 aromatic rings. The maximum absolute atomic E-state index is 14.1. The van der Waals surface area contributed by atoms with Gasteiger partial charge in [0.15, 0.2) is 0 Å². The molecule has 1 amide bonds. The fraction of sp³-hybridized carbons (Fsp3) is 0.677. The monoisotopic (exact) mass is 670 g/mol. The van der Waals surface area contributed by atoms with Gasteiger partial charge in [-0.25, -0.2) is 8.42 Å². The van der Waals surface area contributed by atoms with Crippen LogP contribution in [-0.2, 0) is 40.5 Å². The van der Waals surface area contributed by atoms with Crippen molar-refractivity contribution >= 4 is 27.7 Å². The molecule has 0 saturated carbocycles. The number of aromatic nitrogens is 2. The van der Waals surface area contributed by atoms with E-state index < -0.39 is 21.8 Å². The Kier molecular flexibility index (Phi) is 11.2. The molecule has 2 saturated heterocycles. The Hall–Kier alpha value is -2.13. The zero-order valence-corrected chi connectivity index (χ0v) is 27.9. The highest BCUT2D eigenvalue weighted by atomic mass is 32.2. The number of thioether (sulfide) groups is 1. The van der Waals surface area contributed by atoms with Crippen molar-refractivity contribution in [3.05, 3.63) is 35.0 Å². The molecule has 1 aromatic carbocycles. The van der Waals surface area contributed by atoms with Crippen molar-refractivity contribution in [3.63, 3.8) is 0 Å². The van der Waals surface area contributed by atoms with E-state index in [9.17, 15) is 26.4 Å². The zero-order chi connectivity index (χ0) is 32.2. The summed E-state index contributed by atoms with van der Waals surface area (Å²) >= 11 is 1.23. The highest BCUT2D eigenvalue weighted by Crippen LogP contribution is 2.40. The minimum atomic E-state index is -4.48. The first kappa shape index (κ1) is 34.2. The number of alkyl halides is 3. The average Bonchev–Trinajstić information content (AvgIpc) is 3.35. The van der Waals surface area contributed by atoms with Crippen molar-refractivity contribution in [1.82, 2.24) is 29.2 Å². The van der Waals surface area contributed by atoms with E-state index in [0.717, 1.165) is 88.7 Å². The van der Waals surface area contributed by atoms with E-state index in [1.54, 1.807) is 13.0 Å². The number of fused-ring (bicyclic) bond motifs is 1. The van der Waals surface area contributed by atoms with Crippen LogP contribution < -0.4 is 5.32 Å². The summed E-state index contributed by atoms with van der Waals surface area (Å²) < 4.78 is 70.5. The minimum absolute atomic E-state index is 0.00152. The van der Waals surface area contributed by atoms with E-state index in [-0.39, 0.29) is 23.4 Å². The SMILES string of the molecule is CC(=O)NC1CCN(CCCn2nc(-c3ccc(C(F)(F)F)c(SCCN4CCCCC4)c3)c3c2CCN(S(C)(=O)=O)C3)CC1. The fourth-order valence-electron chi connectivity index (χ4n) is 6.69. The summed E-state index contributed by atoms with van der Waals surface area (Å²) in [5, 5.41) is 7.92. The lowest BCUT2D eigenvalue weighted by molar-refractivity contribution is -0.139. The van der Waals surface area contributed by atoms with Crippen molar-refractivity contribution < 1.29 is 26.4 Å². The topological polar surface area (TPSA) is 90.8 Å². The summed E-state index contributed by atoms with van der Waals surface area (Å²) in [6, 6.07) is 4.43. The number of piperidine rings is 2. The Morgan fingerprint density at radius 2 is 1.73 bits per heavy atom. The molecule has 250 valence electrons. The summed E-state index contributed by atoms with van der Waals surface area (Å²) in [5.74, 6) is 0.557. The Balaban J connectivity index is 1.35. The molecular formula is C31H45F3N6O3S2. The van der Waals surface area contributed by atoms with Gasteiger partial charge in [0.05, 0.1) is 17.5 Å². The van der Waals surface area contributed by atoms with Crippen molar-refractivity contribution in [2.75, 3.05) is 57.8 Å². The molecule has 4 heterocycles. The van der Waals surface area contributed by atoms with E-state index in [4.69, 9.17) is 5.10 Å². The number of nitrogens with zero attached hydrogens (tertiary/aromatic N) is 5. The van der Waals surface area contributed by atoms with Gasteiger partial charge < -0.3 is 15.1 Å². The Morgan fingerprint density at radius 1 is 1.02 bits per heavy atom. The number of benzene rings is 1. The van der Waals surface area contributed by atoms with Crippen LogP contribution in [0.2, 0.25) is 0 Å². The highest BCUT2D eigenvalue weighted by Gasteiger charge is 2.35. The first-order chi connectivity index (χ1) is 21.4. The smallest absolute Gasteiger partial charge is 0.354 e. The van der Waals surface area contributed by atoms with Crippen LogP contribution >= 0.6 is 11.8 Å². The number of rotatable bonds is 11. The Morgan fingerprint density at radius 3 is 2.40 bits per heavy atom. The molecule has 3 aliphatic rings. The molecule has 0 atom stereocenters. The molecule has 0 spiro atoms. The number of halogens is 3. The molecule has 0 radical (unpaired) electrons. The van der Waals surface area contributed by atoms with Crippen molar-refractivity contribution in [2.45, 2.75) is 82.1 Å². The molecule has 9 nitrogen and oxygen atoms in total. The lowest BCUT2D eigenvalue weighted by atomic mass is 10.0. The van der Waals surface area contributed by atoms with Crippen LogP contribution in [0.25, 0.3) is 11.3 Å². The quantitative estimate of drug-likeness (QED) is 0.354. The van der Waals surface area contributed by atoms with Crippen LogP contribution in [0, 0.1) is 0 Å². The third-order valence-corrected chi connectivity index (χ3v) is 11.4. The second-order valence-electron chi connectivity index (χ2n) is 12.5. The third-order valence-electron chi connectivity index (χ3n) is 9.08. The maximum Gasteiger partial charge on any atom is 0.417 e. The van der Waals surface area contributed by atoms with Crippen LogP contribution in [0.5, 0.6) is 0 Å². The van der Waals surface area contributed by atoms with Gasteiger partial charge in [0.2, 0.25) is 15.9 Å². The van der Waals surface area contributed by atoms with E-state index in [1.165, 1.54) is 34.8 Å². The largest absolute Gasteiger partial charge is 0.417 e. The van der Waals surface area contributed by atoms with Gasteiger partial charge in [-0.05, 0) is 63.9 Å². The lowest BCUT2D eigenvalue weighted by Gasteiger charge is -2.32. The van der Waals surface area contributed by atoms with Crippen molar-refractivity contribution in [1.29, 1.82) is 0 Å². The average molecular weight is 671 g/mol. The highest BCUT2D eigenvalue weighted by molar-refractivity contribution is 7.99. The van der Waals surface area contributed by atoms with Crippen LogP contribution in [0.1, 0.15) is 62.3 Å². The first-order valence-corrected chi connectivity index (χ1v) is 18.8. The third kappa shape index (κ3) is 9.03. The fourth-order valence-corrected chi connectivity index (χ4v) is 8.59. The zero-order valence-electron chi connectivity index (χ0n) is 26.2. The summed E-state index contributed by atoms with van der Waals surface area (Å²) in [4.78, 5) is 16.3. The van der Waals surface area contributed by atoms with Crippen molar-refractivity contribution in [2.24, 2.45) is 0 Å². The number of nitrogens with one attached hydrogen (secondary N) is 1. The van der Waals surface area contributed by atoms with Crippen LogP contribution in [0.4, 0.5) is 13.2 Å².